The van der Waals surface area contributed by atoms with Crippen LogP contribution in [0.4, 0.5) is 0 Å². The number of quaternary nitrogens is 1. The Morgan fingerprint density at radius 2 is 2.43 bits per heavy atom. The van der Waals surface area contributed by atoms with Crippen molar-refractivity contribution >= 4 is 0 Å². The quantitative estimate of drug-likeness (QED) is 0.379. The predicted molar refractivity (Wildman–Crippen MR) is 29.9 cm³/mol. The van der Waals surface area contributed by atoms with E-state index < -0.39 is 0 Å². The molecule has 0 spiro atoms. The molecule has 0 aliphatic rings. The molecule has 0 aliphatic heterocycles. The molecule has 1 atom stereocenters. The van der Waals surface area contributed by atoms with Gasteiger partial charge in [0.1, 0.15) is 0 Å². The summed E-state index contributed by atoms with van der Waals surface area (Å²) in [6, 6.07) is 0. The van der Waals surface area contributed by atoms with Gasteiger partial charge >= 0.3 is 0 Å². The molecule has 0 rings (SSSR count). The van der Waals surface area contributed by atoms with E-state index in [1.807, 2.05) is 6.92 Å². The van der Waals surface area contributed by atoms with Crippen molar-refractivity contribution in [2.45, 2.75) is 6.92 Å². The summed E-state index contributed by atoms with van der Waals surface area (Å²) in [5.74, 6) is 0. The molecule has 7 heavy (non-hydrogen) atoms. The molecule has 1 unspecified atom stereocenters. The first kappa shape index (κ1) is 6.66. The lowest BCUT2D eigenvalue weighted by Gasteiger charge is -2.16. The van der Waals surface area contributed by atoms with Crippen LogP contribution in [0.1, 0.15) is 6.92 Å². The second-order valence-electron chi connectivity index (χ2n) is 1.39. The van der Waals surface area contributed by atoms with Crippen molar-refractivity contribution in [3.05, 3.63) is 17.9 Å². The first-order chi connectivity index (χ1) is 3.31. The Morgan fingerprint density at radius 3 is 2.57 bits per heavy atom. The lowest BCUT2D eigenvalue weighted by molar-refractivity contribution is -0.839. The van der Waals surface area contributed by atoms with Crippen molar-refractivity contribution in [2.24, 2.45) is 0 Å². The highest BCUT2D eigenvalue weighted by Crippen LogP contribution is 1.48. The maximum Gasteiger partial charge on any atom is 0.0952 e. The van der Waals surface area contributed by atoms with Crippen LogP contribution in [0.3, 0.4) is 0 Å². The largest absolute Gasteiger partial charge is 0.634 e. The summed E-state index contributed by atoms with van der Waals surface area (Å²) in [6.45, 7) is 6.44. The maximum atomic E-state index is 10.3. The predicted octanol–water partition coefficient (Wildman–Crippen LogP) is -0.425. The molecule has 42 valence electrons. The van der Waals surface area contributed by atoms with E-state index in [0.717, 1.165) is 0 Å². The molecular formula is C5H11NO. The molecule has 1 N–H and O–H groups in total. The molecule has 0 aromatic rings. The Bertz CT molecular complexity index is 54.0. The highest BCUT2D eigenvalue weighted by Gasteiger charge is 1.81. The van der Waals surface area contributed by atoms with Crippen molar-refractivity contribution < 1.29 is 5.06 Å². The first-order valence-electron chi connectivity index (χ1n) is 2.43. The lowest BCUT2D eigenvalue weighted by Crippen LogP contribution is -3.06. The van der Waals surface area contributed by atoms with E-state index in [0.29, 0.717) is 13.1 Å². The van der Waals surface area contributed by atoms with Crippen molar-refractivity contribution in [2.75, 3.05) is 13.1 Å². The summed E-state index contributed by atoms with van der Waals surface area (Å²) in [6.07, 6.45) is 1.63. The Morgan fingerprint density at radius 1 is 1.86 bits per heavy atom. The highest BCUT2D eigenvalue weighted by atomic mass is 16.5. The van der Waals surface area contributed by atoms with E-state index in [2.05, 4.69) is 6.58 Å². The van der Waals surface area contributed by atoms with Crippen LogP contribution in [-0.4, -0.2) is 13.1 Å². The third-order valence-electron chi connectivity index (χ3n) is 0.766. The minimum Gasteiger partial charge on any atom is -0.634 e. The fraction of sp³-hybridized carbons (Fsp3) is 0.600. The third kappa shape index (κ3) is 3.49. The van der Waals surface area contributed by atoms with Gasteiger partial charge in [0.2, 0.25) is 0 Å². The summed E-state index contributed by atoms with van der Waals surface area (Å²) >= 11 is 0. The van der Waals surface area contributed by atoms with Gasteiger partial charge in [-0.25, -0.2) is 0 Å². The molecule has 0 aromatic carbocycles. The van der Waals surface area contributed by atoms with E-state index in [-0.39, 0.29) is 5.06 Å². The van der Waals surface area contributed by atoms with Gasteiger partial charge in [-0.3, -0.25) is 0 Å². The fourth-order valence-corrected chi connectivity index (χ4v) is 0.305. The second-order valence-corrected chi connectivity index (χ2v) is 1.39. The van der Waals surface area contributed by atoms with Crippen molar-refractivity contribution in [1.82, 2.24) is 0 Å². The van der Waals surface area contributed by atoms with Crippen LogP contribution in [0.15, 0.2) is 12.7 Å². The fourth-order valence-electron chi connectivity index (χ4n) is 0.305. The van der Waals surface area contributed by atoms with Crippen LogP contribution in [0.25, 0.3) is 0 Å². The van der Waals surface area contributed by atoms with E-state index >= 15 is 0 Å². The molecule has 0 radical (unpaired) electrons. The molecule has 2 heteroatoms. The monoisotopic (exact) mass is 101 g/mol. The van der Waals surface area contributed by atoms with Gasteiger partial charge < -0.3 is 10.3 Å². The summed E-state index contributed by atoms with van der Waals surface area (Å²) in [7, 11) is 0. The Hall–Kier alpha value is -0.340. The second kappa shape index (κ2) is 3.84. The summed E-state index contributed by atoms with van der Waals surface area (Å²) in [5.41, 5.74) is 0. The average Bonchev–Trinajstić information content (AvgIpc) is 1.68. The summed E-state index contributed by atoms with van der Waals surface area (Å²) in [4.78, 5) is 0. The number of likely N-dealkylation sites (N-methyl/N-ethyl adjacent to an activating group) is 1. The van der Waals surface area contributed by atoms with Gasteiger partial charge in [0.25, 0.3) is 0 Å². The van der Waals surface area contributed by atoms with E-state index in [1.165, 1.54) is 0 Å². The molecule has 0 saturated carbocycles. The van der Waals surface area contributed by atoms with Crippen LogP contribution in [0.2, 0.25) is 0 Å². The number of hydroxylamine groups is 2. The van der Waals surface area contributed by atoms with Crippen molar-refractivity contribution in [3.8, 4) is 0 Å². The van der Waals surface area contributed by atoms with Gasteiger partial charge in [0, 0.05) is 0 Å². The van der Waals surface area contributed by atoms with E-state index in [4.69, 9.17) is 0 Å². The Labute approximate surface area is 44.0 Å². The summed E-state index contributed by atoms with van der Waals surface area (Å²) < 4.78 is 0. The molecule has 0 fully saturated rings. The van der Waals surface area contributed by atoms with Gasteiger partial charge in [0.15, 0.2) is 0 Å². The minimum atomic E-state index is 0.259. The van der Waals surface area contributed by atoms with Gasteiger partial charge in [-0.15, -0.1) is 0 Å². The van der Waals surface area contributed by atoms with Crippen LogP contribution in [0, 0.1) is 5.21 Å². The zero-order valence-corrected chi connectivity index (χ0v) is 4.61. The SMILES string of the molecule is C=CC[NH+]([O-])CC. The van der Waals surface area contributed by atoms with E-state index in [1.54, 1.807) is 6.08 Å². The molecule has 0 saturated heterocycles. The van der Waals surface area contributed by atoms with Gasteiger partial charge in [-0.05, 0) is 13.0 Å². The van der Waals surface area contributed by atoms with Crippen LogP contribution < -0.4 is 5.06 Å². The normalized spacial score (nSPS) is 13.4. The average molecular weight is 101 g/mol. The zero-order valence-electron chi connectivity index (χ0n) is 4.61. The maximum absolute atomic E-state index is 10.3. The topological polar surface area (TPSA) is 27.5 Å². The standard InChI is InChI=1S/C5H11NO/c1-3-5-6(7)4-2/h3,6H,1,4-5H2,2H3. The van der Waals surface area contributed by atoms with Crippen molar-refractivity contribution in [3.63, 3.8) is 0 Å². The molecule has 0 aromatic heterocycles. The van der Waals surface area contributed by atoms with Crippen LogP contribution in [0.5, 0.6) is 0 Å². The Balaban J connectivity index is 2.98. The van der Waals surface area contributed by atoms with Crippen LogP contribution in [-0.2, 0) is 0 Å². The molecule has 0 heterocycles. The third-order valence-corrected chi connectivity index (χ3v) is 0.766. The van der Waals surface area contributed by atoms with Gasteiger partial charge in [-0.1, -0.05) is 6.58 Å². The first-order valence-corrected chi connectivity index (χ1v) is 2.43. The molecule has 0 amide bonds. The van der Waals surface area contributed by atoms with E-state index in [9.17, 15) is 5.21 Å². The molecule has 0 aliphatic carbocycles. The molecular weight excluding hydrogens is 90.1 g/mol. The number of hydrogen-bond donors (Lipinski definition) is 1. The molecule has 0 bridgehead atoms. The smallest absolute Gasteiger partial charge is 0.0952 e. The van der Waals surface area contributed by atoms with Gasteiger partial charge in [-0.2, -0.15) is 0 Å². The van der Waals surface area contributed by atoms with Crippen LogP contribution >= 0.6 is 0 Å². The van der Waals surface area contributed by atoms with Gasteiger partial charge in [0.05, 0.1) is 13.1 Å². The zero-order chi connectivity index (χ0) is 5.70. The summed E-state index contributed by atoms with van der Waals surface area (Å²) in [5, 5.41) is 10.6. The number of nitrogens with one attached hydrogen (secondary N) is 1. The highest BCUT2D eigenvalue weighted by molar-refractivity contribution is 4.62. The number of rotatable bonds is 3. The minimum absolute atomic E-state index is 0.259. The number of hydrogen-bond acceptors (Lipinski definition) is 1. The van der Waals surface area contributed by atoms with Crippen molar-refractivity contribution in [1.29, 1.82) is 0 Å². The Kier molecular flexibility index (Phi) is 3.65. The lowest BCUT2D eigenvalue weighted by atomic mass is 10.6. The molecule has 2 nitrogen and oxygen atoms in total.